The molecule has 0 saturated carbocycles. The van der Waals surface area contributed by atoms with Crippen LogP contribution in [0, 0.1) is 11.6 Å². The van der Waals surface area contributed by atoms with Crippen LogP contribution in [0.3, 0.4) is 0 Å². The van der Waals surface area contributed by atoms with Gasteiger partial charge < -0.3 is 4.74 Å². The van der Waals surface area contributed by atoms with Crippen LogP contribution in [0.15, 0.2) is 18.2 Å². The van der Waals surface area contributed by atoms with Crippen molar-refractivity contribution in [1.29, 1.82) is 0 Å². The van der Waals surface area contributed by atoms with Crippen molar-refractivity contribution in [2.75, 3.05) is 6.61 Å². The van der Waals surface area contributed by atoms with E-state index in [2.05, 4.69) is 0 Å². The summed E-state index contributed by atoms with van der Waals surface area (Å²) in [6, 6.07) is 3.69. The quantitative estimate of drug-likeness (QED) is 0.656. The van der Waals surface area contributed by atoms with E-state index in [1.165, 1.54) is 18.2 Å². The lowest BCUT2D eigenvalue weighted by molar-refractivity contribution is 0.278. The van der Waals surface area contributed by atoms with Crippen molar-refractivity contribution < 1.29 is 13.5 Å². The van der Waals surface area contributed by atoms with Gasteiger partial charge in [0, 0.05) is 0 Å². The topological polar surface area (TPSA) is 9.23 Å². The van der Waals surface area contributed by atoms with Gasteiger partial charge in [-0.1, -0.05) is 19.4 Å². The highest BCUT2D eigenvalue weighted by Crippen LogP contribution is 2.20. The van der Waals surface area contributed by atoms with Crippen molar-refractivity contribution in [3.63, 3.8) is 0 Å². The van der Waals surface area contributed by atoms with E-state index < -0.39 is 11.6 Å². The van der Waals surface area contributed by atoms with Gasteiger partial charge in [0.15, 0.2) is 17.4 Å². The molecular weight excluding hydrogens is 174 g/mol. The highest BCUT2D eigenvalue weighted by molar-refractivity contribution is 5.25. The van der Waals surface area contributed by atoms with Gasteiger partial charge in [0.25, 0.3) is 0 Å². The molecule has 13 heavy (non-hydrogen) atoms. The molecule has 1 nitrogen and oxygen atoms in total. The molecule has 0 bridgehead atoms. The van der Waals surface area contributed by atoms with Crippen LogP contribution >= 0.6 is 0 Å². The Hall–Kier alpha value is -1.12. The Morgan fingerprint density at radius 1 is 1.23 bits per heavy atom. The van der Waals surface area contributed by atoms with E-state index in [0.29, 0.717) is 6.61 Å². The van der Waals surface area contributed by atoms with E-state index in [4.69, 9.17) is 4.74 Å². The third-order valence-corrected chi connectivity index (χ3v) is 1.66. The smallest absolute Gasteiger partial charge is 0.190 e. The minimum absolute atomic E-state index is 0.268. The molecule has 0 N–H and O–H groups in total. The van der Waals surface area contributed by atoms with E-state index in [1.807, 2.05) is 6.92 Å². The number of ether oxygens (including phenoxy) is 1. The summed E-state index contributed by atoms with van der Waals surface area (Å²) in [5.74, 6) is -1.55. The van der Waals surface area contributed by atoms with Crippen molar-refractivity contribution in [1.82, 2.24) is 0 Å². The van der Waals surface area contributed by atoms with Crippen LogP contribution in [0.4, 0.5) is 8.78 Å². The zero-order valence-corrected chi connectivity index (χ0v) is 7.52. The van der Waals surface area contributed by atoms with Gasteiger partial charge in [0.2, 0.25) is 0 Å². The Balaban J connectivity index is 2.64. The van der Waals surface area contributed by atoms with Crippen molar-refractivity contribution in [3.05, 3.63) is 29.8 Å². The summed E-state index contributed by atoms with van der Waals surface area (Å²) in [6.45, 7) is 2.34. The molecule has 0 radical (unpaired) electrons. The number of unbranched alkanes of at least 4 members (excludes halogenated alkanes) is 1. The van der Waals surface area contributed by atoms with Crippen LogP contribution in [0.5, 0.6) is 5.75 Å². The van der Waals surface area contributed by atoms with Gasteiger partial charge in [-0.2, -0.15) is 0 Å². The third kappa shape index (κ3) is 2.68. The normalized spacial score (nSPS) is 10.1. The summed E-state index contributed by atoms with van der Waals surface area (Å²) in [5, 5.41) is 0. The summed E-state index contributed by atoms with van der Waals surface area (Å²) < 4.78 is 30.8. The van der Waals surface area contributed by atoms with Crippen LogP contribution in [0.25, 0.3) is 0 Å². The number of benzene rings is 1. The SMILES string of the molecule is CCCCOc1c(F)cccc1F. The number of halogens is 2. The summed E-state index contributed by atoms with van der Waals surface area (Å²) in [4.78, 5) is 0. The standard InChI is InChI=1S/C10H12F2O/c1-2-3-7-13-10-8(11)5-4-6-9(10)12/h4-6H,2-3,7H2,1H3. The molecule has 0 spiro atoms. The van der Waals surface area contributed by atoms with E-state index in [9.17, 15) is 8.78 Å². The van der Waals surface area contributed by atoms with Crippen LogP contribution in [-0.2, 0) is 0 Å². The zero-order chi connectivity index (χ0) is 9.68. The van der Waals surface area contributed by atoms with Crippen molar-refractivity contribution in [3.8, 4) is 5.75 Å². The van der Waals surface area contributed by atoms with Crippen molar-refractivity contribution in [2.45, 2.75) is 19.8 Å². The molecule has 0 aliphatic carbocycles. The van der Waals surface area contributed by atoms with Crippen molar-refractivity contribution >= 4 is 0 Å². The highest BCUT2D eigenvalue weighted by Gasteiger charge is 2.08. The number of rotatable bonds is 4. The molecule has 0 aliphatic heterocycles. The molecule has 3 heteroatoms. The molecule has 0 aliphatic rings. The second-order valence-corrected chi connectivity index (χ2v) is 2.75. The van der Waals surface area contributed by atoms with E-state index in [0.717, 1.165) is 12.8 Å². The fraction of sp³-hybridized carbons (Fsp3) is 0.400. The Kier molecular flexibility index (Phi) is 3.68. The molecule has 1 rings (SSSR count). The second-order valence-electron chi connectivity index (χ2n) is 2.75. The summed E-state index contributed by atoms with van der Waals surface area (Å²) >= 11 is 0. The number of para-hydroxylation sites is 1. The first-order valence-corrected chi connectivity index (χ1v) is 4.32. The minimum Gasteiger partial charge on any atom is -0.488 e. The Labute approximate surface area is 76.3 Å². The average Bonchev–Trinajstić information content (AvgIpc) is 2.10. The van der Waals surface area contributed by atoms with E-state index in [-0.39, 0.29) is 5.75 Å². The van der Waals surface area contributed by atoms with Gasteiger partial charge in [0.05, 0.1) is 6.61 Å². The number of hydrogen-bond donors (Lipinski definition) is 0. The molecule has 0 amide bonds. The number of hydrogen-bond acceptors (Lipinski definition) is 1. The maximum atomic E-state index is 12.9. The van der Waals surface area contributed by atoms with Crippen LogP contribution in [-0.4, -0.2) is 6.61 Å². The molecule has 0 heterocycles. The van der Waals surface area contributed by atoms with Crippen molar-refractivity contribution in [2.24, 2.45) is 0 Å². The van der Waals surface area contributed by atoms with Gasteiger partial charge in [-0.25, -0.2) is 8.78 Å². The zero-order valence-electron chi connectivity index (χ0n) is 7.52. The van der Waals surface area contributed by atoms with Crippen LogP contribution < -0.4 is 4.74 Å². The molecule has 1 aromatic carbocycles. The van der Waals surface area contributed by atoms with Gasteiger partial charge >= 0.3 is 0 Å². The monoisotopic (exact) mass is 186 g/mol. The first-order valence-electron chi connectivity index (χ1n) is 4.32. The van der Waals surface area contributed by atoms with Gasteiger partial charge in [0.1, 0.15) is 0 Å². The predicted octanol–water partition coefficient (Wildman–Crippen LogP) is 3.14. The molecule has 0 aromatic heterocycles. The van der Waals surface area contributed by atoms with Gasteiger partial charge in [-0.05, 0) is 18.6 Å². The molecule has 0 saturated heterocycles. The maximum Gasteiger partial charge on any atom is 0.190 e. The van der Waals surface area contributed by atoms with Gasteiger partial charge in [-0.15, -0.1) is 0 Å². The molecule has 0 atom stereocenters. The third-order valence-electron chi connectivity index (χ3n) is 1.66. The molecule has 1 aromatic rings. The van der Waals surface area contributed by atoms with E-state index in [1.54, 1.807) is 0 Å². The lowest BCUT2D eigenvalue weighted by Crippen LogP contribution is -2.00. The first kappa shape index (κ1) is 9.96. The minimum atomic E-state index is -0.642. The molecule has 0 unspecified atom stereocenters. The predicted molar refractivity (Wildman–Crippen MR) is 46.8 cm³/mol. The lowest BCUT2D eigenvalue weighted by atomic mass is 10.3. The van der Waals surface area contributed by atoms with Gasteiger partial charge in [-0.3, -0.25) is 0 Å². The second kappa shape index (κ2) is 4.80. The fourth-order valence-corrected chi connectivity index (χ4v) is 0.939. The molecule has 72 valence electrons. The average molecular weight is 186 g/mol. The summed E-state index contributed by atoms with van der Waals surface area (Å²) in [6.07, 6.45) is 1.74. The Morgan fingerprint density at radius 3 is 2.38 bits per heavy atom. The Bertz CT molecular complexity index is 253. The van der Waals surface area contributed by atoms with Crippen LogP contribution in [0.2, 0.25) is 0 Å². The molecular formula is C10H12F2O. The Morgan fingerprint density at radius 2 is 1.85 bits per heavy atom. The molecule has 0 fully saturated rings. The first-order chi connectivity index (χ1) is 6.25. The largest absolute Gasteiger partial charge is 0.488 e. The van der Waals surface area contributed by atoms with E-state index >= 15 is 0 Å². The summed E-state index contributed by atoms with van der Waals surface area (Å²) in [5.41, 5.74) is 0. The van der Waals surface area contributed by atoms with Crippen LogP contribution in [0.1, 0.15) is 19.8 Å². The highest BCUT2D eigenvalue weighted by atomic mass is 19.1. The lowest BCUT2D eigenvalue weighted by Gasteiger charge is -2.06. The fourth-order valence-electron chi connectivity index (χ4n) is 0.939. The maximum absolute atomic E-state index is 12.9. The summed E-state index contributed by atoms with van der Waals surface area (Å²) in [7, 11) is 0.